The van der Waals surface area contributed by atoms with Gasteiger partial charge in [-0.25, -0.2) is 0 Å². The zero-order chi connectivity index (χ0) is 10.6. The first-order valence-corrected chi connectivity index (χ1v) is 5.66. The highest BCUT2D eigenvalue weighted by Crippen LogP contribution is 2.06. The van der Waals surface area contributed by atoms with Gasteiger partial charge in [-0.15, -0.1) is 11.8 Å². The zero-order valence-electron chi connectivity index (χ0n) is 8.02. The molecule has 1 aromatic rings. The van der Waals surface area contributed by atoms with Gasteiger partial charge in [0.05, 0.1) is 0 Å². The van der Waals surface area contributed by atoms with Crippen LogP contribution in [-0.4, -0.2) is 16.3 Å². The average Bonchev–Trinajstić information content (AvgIpc) is 2.21. The smallest absolute Gasteiger partial charge is 0.255 e. The van der Waals surface area contributed by atoms with E-state index in [2.05, 4.69) is 5.87 Å². The molecule has 0 radical (unpaired) electrons. The first-order valence-electron chi connectivity index (χ1n) is 4.02. The molecular formula is C10H10N2S2. The molecule has 0 aromatic carbocycles. The Morgan fingerprint density at radius 3 is 2.50 bits per heavy atom. The Hall–Kier alpha value is -0.960. The predicted octanol–water partition coefficient (Wildman–Crippen LogP) is 2.05. The molecule has 0 aliphatic rings. The third-order valence-corrected chi connectivity index (χ3v) is 3.00. The lowest BCUT2D eigenvalue weighted by Gasteiger charge is -1.99. The summed E-state index contributed by atoms with van der Waals surface area (Å²) >= 11 is 6.48. The summed E-state index contributed by atoms with van der Waals surface area (Å²) < 4.78 is 2.35. The molecule has 1 rings (SSSR count). The summed E-state index contributed by atoms with van der Waals surface area (Å²) in [5.41, 5.74) is 1.67. The molecule has 0 aliphatic heterocycles. The van der Waals surface area contributed by atoms with Crippen molar-refractivity contribution in [3.05, 3.63) is 35.5 Å². The second-order valence-electron chi connectivity index (χ2n) is 2.73. The van der Waals surface area contributed by atoms with Gasteiger partial charge in [0.15, 0.2) is 12.4 Å². The van der Waals surface area contributed by atoms with Gasteiger partial charge in [-0.1, -0.05) is 12.2 Å². The van der Waals surface area contributed by atoms with E-state index in [-0.39, 0.29) is 0 Å². The van der Waals surface area contributed by atoms with Crippen molar-refractivity contribution in [3.63, 3.8) is 0 Å². The number of aromatic nitrogens is 1. The Labute approximate surface area is 93.2 Å². The lowest BCUT2D eigenvalue weighted by Crippen LogP contribution is -2.34. The Balaban J connectivity index is 3.09. The molecule has 2 nitrogen and oxygen atoms in total. The van der Waals surface area contributed by atoms with Crippen LogP contribution in [-0.2, 0) is 0 Å². The van der Waals surface area contributed by atoms with Crippen LogP contribution >= 0.6 is 24.0 Å². The van der Waals surface area contributed by atoms with E-state index in [1.807, 2.05) is 37.7 Å². The predicted molar refractivity (Wildman–Crippen MR) is 65.6 cm³/mol. The standard InChI is InChI=1S/C10H10N2S2/c1-8-3-5-12(6-4-8)9(7-11)10(13)14-2/h3-6H,1-2H3. The van der Waals surface area contributed by atoms with Crippen molar-refractivity contribution in [2.75, 3.05) is 6.26 Å². The summed E-state index contributed by atoms with van der Waals surface area (Å²) in [5.74, 6) is 2.11. The van der Waals surface area contributed by atoms with Gasteiger partial charge in [0, 0.05) is 12.1 Å². The minimum atomic E-state index is 0.507. The third kappa shape index (κ3) is 2.51. The minimum absolute atomic E-state index is 0.507. The number of nitrogens with zero attached hydrogens (tertiary/aromatic N) is 2. The first kappa shape index (κ1) is 11.1. The second-order valence-corrected chi connectivity index (χ2v) is 4.22. The number of thioether (sulfide) groups is 1. The van der Waals surface area contributed by atoms with Crippen molar-refractivity contribution in [1.29, 1.82) is 0 Å². The van der Waals surface area contributed by atoms with Crippen LogP contribution in [0.2, 0.25) is 0 Å². The van der Waals surface area contributed by atoms with Gasteiger partial charge in [0.25, 0.3) is 5.70 Å². The summed E-state index contributed by atoms with van der Waals surface area (Å²) in [6.45, 7) is 2.00. The third-order valence-electron chi connectivity index (χ3n) is 1.74. The van der Waals surface area contributed by atoms with Gasteiger partial charge >= 0.3 is 0 Å². The normalized spacial score (nSPS) is 9.29. The fourth-order valence-corrected chi connectivity index (χ4v) is 1.45. The van der Waals surface area contributed by atoms with Crippen LogP contribution in [0, 0.1) is 6.92 Å². The molecule has 0 N–H and O–H groups in total. The molecule has 0 saturated carbocycles. The molecule has 0 aliphatic carbocycles. The molecule has 0 saturated heterocycles. The van der Waals surface area contributed by atoms with Gasteiger partial charge in [-0.2, -0.15) is 10.4 Å². The van der Waals surface area contributed by atoms with E-state index in [9.17, 15) is 0 Å². The van der Waals surface area contributed by atoms with E-state index in [1.54, 1.807) is 4.57 Å². The van der Waals surface area contributed by atoms with Crippen LogP contribution < -0.4 is 4.57 Å². The van der Waals surface area contributed by atoms with Crippen LogP contribution in [0.3, 0.4) is 0 Å². The maximum absolute atomic E-state index is 8.94. The molecule has 72 valence electrons. The summed E-state index contributed by atoms with van der Waals surface area (Å²) in [4.78, 5) is 0. The van der Waals surface area contributed by atoms with Crippen molar-refractivity contribution in [2.45, 2.75) is 6.92 Å². The lowest BCUT2D eigenvalue weighted by molar-refractivity contribution is -0.574. The number of hydrogen-bond acceptors (Lipinski definition) is 2. The molecule has 0 amide bonds. The Bertz CT molecular complexity index is 389. The number of pyridine rings is 1. The van der Waals surface area contributed by atoms with Gasteiger partial charge < -0.3 is 5.41 Å². The fraction of sp³-hybridized carbons (Fsp3) is 0.200. The maximum atomic E-state index is 8.94. The average molecular weight is 222 g/mol. The molecule has 4 heteroatoms. The zero-order valence-corrected chi connectivity index (χ0v) is 9.65. The lowest BCUT2D eigenvalue weighted by atomic mass is 10.3. The topological polar surface area (TPSA) is 26.2 Å². The van der Waals surface area contributed by atoms with Gasteiger partial charge in [-0.3, -0.25) is 0 Å². The monoisotopic (exact) mass is 222 g/mol. The van der Waals surface area contributed by atoms with Crippen molar-refractivity contribution in [3.8, 4) is 0 Å². The van der Waals surface area contributed by atoms with E-state index in [4.69, 9.17) is 17.6 Å². The molecular weight excluding hydrogens is 212 g/mol. The van der Waals surface area contributed by atoms with E-state index in [1.165, 1.54) is 11.8 Å². The molecule has 0 bridgehead atoms. The number of rotatable bonds is 2. The van der Waals surface area contributed by atoms with Crippen molar-refractivity contribution >= 4 is 39.7 Å². The Morgan fingerprint density at radius 2 is 2.07 bits per heavy atom. The summed E-state index contributed by atoms with van der Waals surface area (Å²) in [7, 11) is 0. The van der Waals surface area contributed by atoms with Crippen LogP contribution in [0.1, 0.15) is 5.56 Å². The van der Waals surface area contributed by atoms with Crippen molar-refractivity contribution < 1.29 is 4.57 Å². The second kappa shape index (κ2) is 5.05. The highest BCUT2D eigenvalue weighted by atomic mass is 32.2. The highest BCUT2D eigenvalue weighted by Gasteiger charge is 2.11. The molecule has 1 heterocycles. The molecule has 0 atom stereocenters. The largest absolute Gasteiger partial charge is 0.758 e. The summed E-state index contributed by atoms with van der Waals surface area (Å²) in [6.07, 6.45) is 5.56. The fourth-order valence-electron chi connectivity index (χ4n) is 0.956. The van der Waals surface area contributed by atoms with Crippen LogP contribution in [0.15, 0.2) is 24.5 Å². The van der Waals surface area contributed by atoms with Crippen LogP contribution in [0.4, 0.5) is 0 Å². The molecule has 0 fully saturated rings. The number of thiocarbonyl (C=S) groups is 1. The van der Waals surface area contributed by atoms with Gasteiger partial charge in [-0.05, 0) is 18.7 Å². The number of hydrogen-bond donors (Lipinski definition) is 0. The van der Waals surface area contributed by atoms with E-state index in [0.717, 1.165) is 5.56 Å². The number of aryl methyl sites for hydroxylation is 1. The van der Waals surface area contributed by atoms with E-state index < -0.39 is 0 Å². The van der Waals surface area contributed by atoms with Crippen LogP contribution in [0.25, 0.3) is 11.1 Å². The maximum Gasteiger partial charge on any atom is 0.255 e. The highest BCUT2D eigenvalue weighted by molar-refractivity contribution is 8.23. The molecule has 0 unspecified atom stereocenters. The van der Waals surface area contributed by atoms with Gasteiger partial charge in [0.1, 0.15) is 4.20 Å². The minimum Gasteiger partial charge on any atom is -0.758 e. The molecule has 0 spiro atoms. The SMILES string of the molecule is CSC(=S)C(=C=[N-])[n+]1ccc(C)cc1. The molecule has 1 aromatic heterocycles. The van der Waals surface area contributed by atoms with E-state index >= 15 is 0 Å². The first-order chi connectivity index (χ1) is 6.69. The Morgan fingerprint density at radius 1 is 1.50 bits per heavy atom. The summed E-state index contributed by atoms with van der Waals surface area (Å²) in [5, 5.41) is 8.94. The quantitative estimate of drug-likeness (QED) is 0.331. The van der Waals surface area contributed by atoms with E-state index in [0.29, 0.717) is 9.89 Å². The van der Waals surface area contributed by atoms with Gasteiger partial charge in [0.2, 0.25) is 0 Å². The Kier molecular flexibility index (Phi) is 4.01. The summed E-state index contributed by atoms with van der Waals surface area (Å²) in [6, 6.07) is 3.89. The van der Waals surface area contributed by atoms with Crippen molar-refractivity contribution in [2.24, 2.45) is 0 Å². The van der Waals surface area contributed by atoms with Crippen molar-refractivity contribution in [1.82, 2.24) is 0 Å². The molecule has 14 heavy (non-hydrogen) atoms. The van der Waals surface area contributed by atoms with Crippen LogP contribution in [0.5, 0.6) is 0 Å².